The highest BCUT2D eigenvalue weighted by Crippen LogP contribution is 2.25. The third-order valence-electron chi connectivity index (χ3n) is 4.45. The second-order valence-corrected chi connectivity index (χ2v) is 8.57. The highest BCUT2D eigenvalue weighted by Gasteiger charge is 2.37. The van der Waals surface area contributed by atoms with E-state index in [0.29, 0.717) is 0 Å². The number of benzene rings is 2. The van der Waals surface area contributed by atoms with E-state index in [4.69, 9.17) is 0 Å². The number of carbonyl (C=O) groups is 3. The van der Waals surface area contributed by atoms with Crippen molar-refractivity contribution in [3.63, 3.8) is 0 Å². The van der Waals surface area contributed by atoms with Gasteiger partial charge < -0.3 is 5.32 Å². The van der Waals surface area contributed by atoms with Crippen LogP contribution in [0.25, 0.3) is 0 Å². The zero-order chi connectivity index (χ0) is 21.2. The van der Waals surface area contributed by atoms with Gasteiger partial charge in [0.2, 0.25) is 10.0 Å². The fourth-order valence-corrected chi connectivity index (χ4v) is 4.07. The third-order valence-corrected chi connectivity index (χ3v) is 5.93. The Morgan fingerprint density at radius 3 is 2.28 bits per heavy atom. The molecule has 0 fully saturated rings. The second kappa shape index (κ2) is 8.14. The van der Waals surface area contributed by atoms with Crippen LogP contribution in [0.15, 0.2) is 53.4 Å². The lowest BCUT2D eigenvalue weighted by molar-refractivity contribution is 0.0609. The molecular formula is C20H21N3O5S. The molecule has 3 rings (SSSR count). The van der Waals surface area contributed by atoms with Crippen molar-refractivity contribution in [1.82, 2.24) is 14.9 Å². The van der Waals surface area contributed by atoms with E-state index in [1.165, 1.54) is 30.3 Å². The van der Waals surface area contributed by atoms with Gasteiger partial charge in [0.05, 0.1) is 16.0 Å². The number of hydrogen-bond donors (Lipinski definition) is 2. The van der Waals surface area contributed by atoms with E-state index in [9.17, 15) is 22.8 Å². The fraction of sp³-hybridized carbons (Fsp3) is 0.250. The lowest BCUT2D eigenvalue weighted by Crippen LogP contribution is -2.36. The van der Waals surface area contributed by atoms with Gasteiger partial charge in [-0.25, -0.2) is 13.1 Å². The molecule has 1 aliphatic rings. The maximum Gasteiger partial charge on any atom is 0.261 e. The molecule has 0 aromatic heterocycles. The first-order chi connectivity index (χ1) is 13.7. The summed E-state index contributed by atoms with van der Waals surface area (Å²) in [7, 11) is -3.65. The monoisotopic (exact) mass is 415 g/mol. The van der Waals surface area contributed by atoms with Crippen molar-refractivity contribution in [1.29, 1.82) is 0 Å². The highest BCUT2D eigenvalue weighted by molar-refractivity contribution is 7.89. The molecule has 2 aromatic carbocycles. The molecule has 1 heterocycles. The molecule has 152 valence electrons. The molecule has 0 saturated carbocycles. The zero-order valence-electron chi connectivity index (χ0n) is 16.0. The molecule has 0 spiro atoms. The van der Waals surface area contributed by atoms with Crippen molar-refractivity contribution in [3.05, 3.63) is 65.2 Å². The van der Waals surface area contributed by atoms with Crippen LogP contribution >= 0.6 is 0 Å². The summed E-state index contributed by atoms with van der Waals surface area (Å²) in [4.78, 5) is 38.4. The first kappa shape index (κ1) is 20.7. The van der Waals surface area contributed by atoms with Gasteiger partial charge in [-0.2, -0.15) is 0 Å². The number of nitrogens with zero attached hydrogens (tertiary/aromatic N) is 1. The summed E-state index contributed by atoms with van der Waals surface area (Å²) in [6.45, 7) is 3.55. The number of sulfonamides is 1. The third kappa shape index (κ3) is 4.20. The first-order valence-electron chi connectivity index (χ1n) is 9.07. The lowest BCUT2D eigenvalue weighted by Gasteiger charge is -2.17. The number of rotatable bonds is 7. The number of hydrogen-bond acceptors (Lipinski definition) is 5. The minimum Gasteiger partial charge on any atom is -0.351 e. The summed E-state index contributed by atoms with van der Waals surface area (Å²) < 4.78 is 26.7. The van der Waals surface area contributed by atoms with Crippen molar-refractivity contribution >= 4 is 27.7 Å². The quantitative estimate of drug-likeness (QED) is 0.524. The van der Waals surface area contributed by atoms with Crippen LogP contribution in [0.1, 0.15) is 44.9 Å². The van der Waals surface area contributed by atoms with Gasteiger partial charge in [0, 0.05) is 24.7 Å². The number of carbonyl (C=O) groups excluding carboxylic acids is 3. The van der Waals surface area contributed by atoms with Gasteiger partial charge in [0.25, 0.3) is 17.7 Å². The summed E-state index contributed by atoms with van der Waals surface area (Å²) in [5.41, 5.74) is 0.693. The average molecular weight is 415 g/mol. The summed E-state index contributed by atoms with van der Waals surface area (Å²) in [5.74, 6) is -1.26. The molecule has 3 amide bonds. The predicted molar refractivity (Wildman–Crippen MR) is 106 cm³/mol. The van der Waals surface area contributed by atoms with Crippen molar-refractivity contribution in [3.8, 4) is 0 Å². The average Bonchev–Trinajstić information content (AvgIpc) is 2.95. The van der Waals surface area contributed by atoms with Crippen LogP contribution in [-0.4, -0.2) is 50.2 Å². The minimum atomic E-state index is -3.65. The van der Waals surface area contributed by atoms with Gasteiger partial charge >= 0.3 is 0 Å². The minimum absolute atomic E-state index is 0.00640. The number of amides is 3. The lowest BCUT2D eigenvalue weighted by atomic mass is 10.1. The van der Waals surface area contributed by atoms with E-state index in [2.05, 4.69) is 10.0 Å². The van der Waals surface area contributed by atoms with E-state index in [-0.39, 0.29) is 46.6 Å². The SMILES string of the molecule is CC(C)N1C(=O)c2ccc(C(=O)NCCNS(=O)(=O)c3ccccc3)cc2C1=O. The van der Waals surface area contributed by atoms with Crippen LogP contribution in [-0.2, 0) is 10.0 Å². The van der Waals surface area contributed by atoms with E-state index >= 15 is 0 Å². The summed E-state index contributed by atoms with van der Waals surface area (Å²) in [5, 5.41) is 2.60. The molecule has 1 aliphatic heterocycles. The number of imide groups is 1. The Morgan fingerprint density at radius 2 is 1.62 bits per heavy atom. The van der Waals surface area contributed by atoms with E-state index in [1.54, 1.807) is 32.0 Å². The molecule has 0 unspecified atom stereocenters. The molecule has 8 nitrogen and oxygen atoms in total. The van der Waals surface area contributed by atoms with Crippen LogP contribution in [0.5, 0.6) is 0 Å². The molecule has 2 N–H and O–H groups in total. The summed E-state index contributed by atoms with van der Waals surface area (Å²) in [6, 6.07) is 12.0. The Kier molecular flexibility index (Phi) is 5.81. The maximum absolute atomic E-state index is 12.4. The van der Waals surface area contributed by atoms with E-state index < -0.39 is 21.8 Å². The molecule has 0 atom stereocenters. The van der Waals surface area contributed by atoms with Crippen molar-refractivity contribution in [2.24, 2.45) is 0 Å². The van der Waals surface area contributed by atoms with Gasteiger partial charge in [0.1, 0.15) is 0 Å². The molecule has 0 saturated heterocycles. The van der Waals surface area contributed by atoms with E-state index in [1.807, 2.05) is 0 Å². The van der Waals surface area contributed by atoms with Crippen molar-refractivity contribution in [2.45, 2.75) is 24.8 Å². The molecule has 0 aliphatic carbocycles. The van der Waals surface area contributed by atoms with Gasteiger partial charge in [-0.3, -0.25) is 19.3 Å². The van der Waals surface area contributed by atoms with Gasteiger partial charge in [0.15, 0.2) is 0 Å². The predicted octanol–water partition coefficient (Wildman–Crippen LogP) is 1.40. The van der Waals surface area contributed by atoms with Crippen LogP contribution in [0.2, 0.25) is 0 Å². The first-order valence-corrected chi connectivity index (χ1v) is 10.6. The molecule has 29 heavy (non-hydrogen) atoms. The Morgan fingerprint density at radius 1 is 0.966 bits per heavy atom. The standard InChI is InChI=1S/C20H21N3O5S/c1-13(2)23-19(25)16-9-8-14(12-17(16)20(23)26)18(24)21-10-11-22-29(27,28)15-6-4-3-5-7-15/h3-9,12-13,22H,10-11H2,1-2H3,(H,21,24). The highest BCUT2D eigenvalue weighted by atomic mass is 32.2. The van der Waals surface area contributed by atoms with Crippen LogP contribution in [0.3, 0.4) is 0 Å². The van der Waals surface area contributed by atoms with Gasteiger partial charge in [-0.1, -0.05) is 18.2 Å². The largest absolute Gasteiger partial charge is 0.351 e. The Bertz CT molecular complexity index is 1060. The molecular weight excluding hydrogens is 394 g/mol. The Labute approximate surface area is 169 Å². The Hall–Kier alpha value is -3.04. The fourth-order valence-electron chi connectivity index (χ4n) is 3.02. The van der Waals surface area contributed by atoms with Crippen LogP contribution < -0.4 is 10.0 Å². The van der Waals surface area contributed by atoms with Crippen LogP contribution in [0.4, 0.5) is 0 Å². The Balaban J connectivity index is 1.60. The van der Waals surface area contributed by atoms with Crippen LogP contribution in [0, 0.1) is 0 Å². The topological polar surface area (TPSA) is 113 Å². The number of fused-ring (bicyclic) bond motifs is 1. The molecule has 0 bridgehead atoms. The molecule has 0 radical (unpaired) electrons. The zero-order valence-corrected chi connectivity index (χ0v) is 16.8. The summed E-state index contributed by atoms with van der Waals surface area (Å²) in [6.07, 6.45) is 0. The normalized spacial score (nSPS) is 13.7. The molecule has 2 aromatic rings. The molecule has 9 heteroatoms. The van der Waals surface area contributed by atoms with E-state index in [0.717, 1.165) is 4.90 Å². The second-order valence-electron chi connectivity index (χ2n) is 6.80. The summed E-state index contributed by atoms with van der Waals surface area (Å²) >= 11 is 0. The number of nitrogens with one attached hydrogen (secondary N) is 2. The van der Waals surface area contributed by atoms with Crippen molar-refractivity contribution in [2.75, 3.05) is 13.1 Å². The maximum atomic E-state index is 12.4. The van der Waals surface area contributed by atoms with Crippen molar-refractivity contribution < 1.29 is 22.8 Å². The van der Waals surface area contributed by atoms with Gasteiger partial charge in [-0.05, 0) is 44.2 Å². The van der Waals surface area contributed by atoms with Gasteiger partial charge in [-0.15, -0.1) is 0 Å². The smallest absolute Gasteiger partial charge is 0.261 e.